The van der Waals surface area contributed by atoms with Crippen molar-refractivity contribution in [1.82, 2.24) is 4.72 Å². The van der Waals surface area contributed by atoms with Crippen LogP contribution in [0.1, 0.15) is 13.3 Å². The van der Waals surface area contributed by atoms with Gasteiger partial charge in [-0.3, -0.25) is 9.59 Å². The van der Waals surface area contributed by atoms with Crippen molar-refractivity contribution in [1.29, 1.82) is 0 Å². The lowest BCUT2D eigenvalue weighted by Gasteiger charge is -2.16. The highest BCUT2D eigenvalue weighted by atomic mass is 35.5. The summed E-state index contributed by atoms with van der Waals surface area (Å²) in [7, 11) is -3.54. The monoisotopic (exact) mass is 421 g/mol. The predicted octanol–water partition coefficient (Wildman–Crippen LogP) is 2.63. The highest BCUT2D eigenvalue weighted by Gasteiger charge is 2.35. The number of carbonyl (C=O) groups is 2. The summed E-state index contributed by atoms with van der Waals surface area (Å²) >= 11 is 5.87. The van der Waals surface area contributed by atoms with E-state index >= 15 is 0 Å². The van der Waals surface area contributed by atoms with Crippen molar-refractivity contribution in [3.8, 4) is 0 Å². The molecule has 0 radical (unpaired) electrons. The molecule has 148 valence electrons. The van der Waals surface area contributed by atoms with Crippen LogP contribution in [0.25, 0.3) is 0 Å². The molecule has 1 atom stereocenters. The van der Waals surface area contributed by atoms with E-state index in [2.05, 4.69) is 10.0 Å². The third-order valence-electron chi connectivity index (χ3n) is 4.40. The zero-order chi connectivity index (χ0) is 20.3. The Morgan fingerprint density at radius 1 is 1.14 bits per heavy atom. The number of nitrogens with zero attached hydrogens (tertiary/aromatic N) is 1. The van der Waals surface area contributed by atoms with Crippen LogP contribution in [0, 0.1) is 5.92 Å². The Hall–Kier alpha value is -2.42. The van der Waals surface area contributed by atoms with Gasteiger partial charge in [-0.2, -0.15) is 0 Å². The molecule has 1 saturated heterocycles. The van der Waals surface area contributed by atoms with Crippen molar-refractivity contribution in [3.63, 3.8) is 0 Å². The molecule has 0 spiro atoms. The molecule has 28 heavy (non-hydrogen) atoms. The smallest absolute Gasteiger partial charge is 0.240 e. The summed E-state index contributed by atoms with van der Waals surface area (Å²) < 4.78 is 26.3. The number of sulfonamides is 1. The lowest BCUT2D eigenvalue weighted by atomic mass is 10.1. The van der Waals surface area contributed by atoms with Crippen LogP contribution in [0.5, 0.6) is 0 Å². The molecule has 2 N–H and O–H groups in total. The van der Waals surface area contributed by atoms with E-state index in [0.29, 0.717) is 22.9 Å². The van der Waals surface area contributed by atoms with Crippen LogP contribution in [-0.2, 0) is 19.6 Å². The van der Waals surface area contributed by atoms with E-state index in [1.54, 1.807) is 36.1 Å². The molecular weight excluding hydrogens is 402 g/mol. The highest BCUT2D eigenvalue weighted by molar-refractivity contribution is 7.89. The fourth-order valence-electron chi connectivity index (χ4n) is 2.99. The summed E-state index contributed by atoms with van der Waals surface area (Å²) in [4.78, 5) is 26.5. The number of carbonyl (C=O) groups excluding carboxylic acids is 2. The van der Waals surface area contributed by atoms with Crippen LogP contribution in [0.4, 0.5) is 11.4 Å². The quantitative estimate of drug-likeness (QED) is 0.749. The Morgan fingerprint density at radius 2 is 1.79 bits per heavy atom. The van der Waals surface area contributed by atoms with Gasteiger partial charge in [-0.1, -0.05) is 18.5 Å². The maximum Gasteiger partial charge on any atom is 0.240 e. The lowest BCUT2D eigenvalue weighted by molar-refractivity contribution is -0.122. The van der Waals surface area contributed by atoms with E-state index < -0.39 is 15.9 Å². The third kappa shape index (κ3) is 4.52. The number of rotatable bonds is 6. The van der Waals surface area contributed by atoms with Gasteiger partial charge in [0.25, 0.3) is 0 Å². The van der Waals surface area contributed by atoms with Crippen LogP contribution in [0.15, 0.2) is 53.4 Å². The summed E-state index contributed by atoms with van der Waals surface area (Å²) in [5.74, 6) is -0.907. The van der Waals surface area contributed by atoms with Crippen molar-refractivity contribution >= 4 is 44.8 Å². The van der Waals surface area contributed by atoms with Gasteiger partial charge in [0.1, 0.15) is 0 Å². The molecule has 9 heteroatoms. The van der Waals surface area contributed by atoms with Gasteiger partial charge >= 0.3 is 0 Å². The summed E-state index contributed by atoms with van der Waals surface area (Å²) in [6.07, 6.45) is 0.112. The van der Waals surface area contributed by atoms with Gasteiger partial charge in [-0.15, -0.1) is 0 Å². The molecule has 1 heterocycles. The van der Waals surface area contributed by atoms with Gasteiger partial charge in [0.2, 0.25) is 21.8 Å². The second-order valence-corrected chi connectivity index (χ2v) is 8.60. The minimum atomic E-state index is -3.54. The third-order valence-corrected chi connectivity index (χ3v) is 6.21. The first-order valence-corrected chi connectivity index (χ1v) is 10.6. The Balaban J connectivity index is 1.65. The molecule has 2 amide bonds. The number of halogens is 1. The molecule has 1 unspecified atom stereocenters. The van der Waals surface area contributed by atoms with Crippen LogP contribution >= 0.6 is 11.6 Å². The first kappa shape index (κ1) is 20.3. The van der Waals surface area contributed by atoms with Crippen LogP contribution < -0.4 is 14.9 Å². The van der Waals surface area contributed by atoms with Crippen LogP contribution in [0.3, 0.4) is 0 Å². The fraction of sp³-hybridized carbons (Fsp3) is 0.263. The van der Waals surface area contributed by atoms with E-state index in [0.717, 1.165) is 0 Å². The van der Waals surface area contributed by atoms with Gasteiger partial charge < -0.3 is 10.2 Å². The number of benzene rings is 2. The van der Waals surface area contributed by atoms with Crippen molar-refractivity contribution < 1.29 is 18.0 Å². The molecule has 2 aromatic carbocycles. The molecule has 0 bridgehead atoms. The Bertz CT molecular complexity index is 975. The van der Waals surface area contributed by atoms with Gasteiger partial charge in [0, 0.05) is 35.9 Å². The maximum atomic E-state index is 12.5. The van der Waals surface area contributed by atoms with E-state index in [9.17, 15) is 18.0 Å². The molecule has 0 saturated carbocycles. The predicted molar refractivity (Wildman–Crippen MR) is 108 cm³/mol. The maximum absolute atomic E-state index is 12.5. The molecular formula is C19H20ClN3O4S. The Labute approximate surface area is 168 Å². The molecule has 1 aliphatic heterocycles. The van der Waals surface area contributed by atoms with Crippen molar-refractivity contribution in [2.75, 3.05) is 23.3 Å². The van der Waals surface area contributed by atoms with E-state index in [1.807, 2.05) is 0 Å². The Kier molecular flexibility index (Phi) is 6.02. The summed E-state index contributed by atoms with van der Waals surface area (Å²) in [5, 5.41) is 3.32. The largest absolute Gasteiger partial charge is 0.326 e. The van der Waals surface area contributed by atoms with E-state index in [-0.39, 0.29) is 29.7 Å². The summed E-state index contributed by atoms with van der Waals surface area (Å²) in [6, 6.07) is 12.8. The molecule has 7 nitrogen and oxygen atoms in total. The number of nitrogens with one attached hydrogen (secondary N) is 2. The summed E-state index contributed by atoms with van der Waals surface area (Å²) in [6.45, 7) is 2.27. The summed E-state index contributed by atoms with van der Waals surface area (Å²) in [5.41, 5.74) is 1.17. The van der Waals surface area contributed by atoms with E-state index in [4.69, 9.17) is 11.6 Å². The lowest BCUT2D eigenvalue weighted by Crippen LogP contribution is -2.28. The number of hydrogen-bond donors (Lipinski definition) is 2. The Morgan fingerprint density at radius 3 is 2.39 bits per heavy atom. The standard InChI is InChI=1S/C19H20ClN3O4S/c1-2-21-28(26,27)17-9-5-15(6-10-17)22-19(25)13-11-18(24)23(12-13)16-7-3-14(20)4-8-16/h3-10,13,21H,2,11-12H2,1H3,(H,22,25). The molecule has 1 aliphatic rings. The van der Waals surface area contributed by atoms with Gasteiger partial charge in [0.15, 0.2) is 0 Å². The SMILES string of the molecule is CCNS(=O)(=O)c1ccc(NC(=O)C2CC(=O)N(c3ccc(Cl)cc3)C2)cc1. The topological polar surface area (TPSA) is 95.6 Å². The molecule has 0 aliphatic carbocycles. The minimum Gasteiger partial charge on any atom is -0.326 e. The molecule has 1 fully saturated rings. The first-order chi connectivity index (χ1) is 13.3. The fourth-order valence-corrected chi connectivity index (χ4v) is 4.16. The second kappa shape index (κ2) is 8.30. The normalized spacial score (nSPS) is 17.0. The molecule has 0 aromatic heterocycles. The van der Waals surface area contributed by atoms with Crippen LogP contribution in [-0.4, -0.2) is 33.3 Å². The average Bonchev–Trinajstić information content (AvgIpc) is 3.05. The van der Waals surface area contributed by atoms with E-state index in [1.165, 1.54) is 24.3 Å². The minimum absolute atomic E-state index is 0.112. The highest BCUT2D eigenvalue weighted by Crippen LogP contribution is 2.27. The molecule has 2 aromatic rings. The zero-order valence-corrected chi connectivity index (χ0v) is 16.8. The van der Waals surface area contributed by atoms with Crippen LogP contribution in [0.2, 0.25) is 5.02 Å². The van der Waals surface area contributed by atoms with Crippen molar-refractivity contribution in [3.05, 3.63) is 53.6 Å². The number of hydrogen-bond acceptors (Lipinski definition) is 4. The van der Waals surface area contributed by atoms with Gasteiger partial charge in [-0.25, -0.2) is 13.1 Å². The number of anilines is 2. The van der Waals surface area contributed by atoms with Gasteiger partial charge in [-0.05, 0) is 48.5 Å². The van der Waals surface area contributed by atoms with Gasteiger partial charge in [0.05, 0.1) is 10.8 Å². The second-order valence-electron chi connectivity index (χ2n) is 6.40. The number of amides is 2. The first-order valence-electron chi connectivity index (χ1n) is 8.76. The van der Waals surface area contributed by atoms with Crippen molar-refractivity contribution in [2.24, 2.45) is 5.92 Å². The zero-order valence-electron chi connectivity index (χ0n) is 15.2. The van der Waals surface area contributed by atoms with Crippen molar-refractivity contribution in [2.45, 2.75) is 18.2 Å². The average molecular weight is 422 g/mol. The molecule has 3 rings (SSSR count).